The lowest BCUT2D eigenvalue weighted by atomic mass is 10.2. The fraction of sp³-hybridized carbons (Fsp3) is 0.583. The molecule has 1 heterocycles. The average molecular weight is 224 g/mol. The average Bonchev–Trinajstić information content (AvgIpc) is 2.35. The van der Waals surface area contributed by atoms with Crippen molar-refractivity contribution in [2.75, 3.05) is 24.6 Å². The third-order valence-corrected chi connectivity index (χ3v) is 2.62. The molecule has 1 atom stereocenters. The van der Waals surface area contributed by atoms with Crippen LogP contribution in [0.25, 0.3) is 0 Å². The van der Waals surface area contributed by atoms with Crippen LogP contribution in [0.4, 0.5) is 5.69 Å². The molecule has 0 saturated heterocycles. The second kappa shape index (κ2) is 6.45. The molecule has 1 rings (SSSR count). The van der Waals surface area contributed by atoms with Crippen LogP contribution < -0.4 is 4.90 Å². The van der Waals surface area contributed by atoms with Crippen molar-refractivity contribution in [3.05, 3.63) is 24.0 Å². The molecule has 0 saturated carbocycles. The molecule has 4 nitrogen and oxygen atoms in total. The molecule has 0 aromatic carbocycles. The molecule has 0 bridgehead atoms. The zero-order valence-corrected chi connectivity index (χ0v) is 9.93. The first kappa shape index (κ1) is 12.9. The molecule has 0 fully saturated rings. The number of likely N-dealkylation sites (N-methyl/N-ethyl adjacent to an activating group) is 1. The number of aliphatic hydroxyl groups excluding tert-OH is 2. The minimum absolute atomic E-state index is 0.132. The quantitative estimate of drug-likeness (QED) is 0.765. The van der Waals surface area contributed by atoms with Crippen LogP contribution in [0.3, 0.4) is 0 Å². The van der Waals surface area contributed by atoms with E-state index in [4.69, 9.17) is 5.11 Å². The first-order chi connectivity index (χ1) is 7.72. The highest BCUT2D eigenvalue weighted by molar-refractivity contribution is 5.44. The molecular weight excluding hydrogens is 204 g/mol. The van der Waals surface area contributed by atoms with E-state index >= 15 is 0 Å². The van der Waals surface area contributed by atoms with Crippen LogP contribution in [0, 0.1) is 0 Å². The fourth-order valence-corrected chi connectivity index (χ4v) is 1.58. The summed E-state index contributed by atoms with van der Waals surface area (Å²) in [6.07, 6.45) is 1.93. The molecule has 1 unspecified atom stereocenters. The Morgan fingerprint density at radius 2 is 2.12 bits per heavy atom. The number of hydrogen-bond acceptors (Lipinski definition) is 4. The van der Waals surface area contributed by atoms with Gasteiger partial charge in [0.25, 0.3) is 0 Å². The number of rotatable bonds is 6. The first-order valence-corrected chi connectivity index (χ1v) is 5.72. The molecule has 0 aliphatic carbocycles. The van der Waals surface area contributed by atoms with Crippen molar-refractivity contribution < 1.29 is 10.2 Å². The van der Waals surface area contributed by atoms with Crippen LogP contribution >= 0.6 is 0 Å². The van der Waals surface area contributed by atoms with Crippen LogP contribution in [0.15, 0.2) is 18.3 Å². The molecule has 90 valence electrons. The van der Waals surface area contributed by atoms with Crippen molar-refractivity contribution in [2.45, 2.75) is 26.4 Å². The maximum Gasteiger partial charge on any atom is 0.0957 e. The van der Waals surface area contributed by atoms with E-state index in [0.29, 0.717) is 18.7 Å². The predicted octanol–water partition coefficient (Wildman–Crippen LogP) is 1.34. The molecule has 1 aromatic rings. The lowest BCUT2D eigenvalue weighted by molar-refractivity contribution is 0.169. The van der Waals surface area contributed by atoms with Gasteiger partial charge >= 0.3 is 0 Å². The van der Waals surface area contributed by atoms with Crippen molar-refractivity contribution in [3.63, 3.8) is 0 Å². The van der Waals surface area contributed by atoms with Crippen molar-refractivity contribution in [2.24, 2.45) is 0 Å². The van der Waals surface area contributed by atoms with Gasteiger partial charge in [-0.25, -0.2) is 0 Å². The van der Waals surface area contributed by atoms with Gasteiger partial charge in [0, 0.05) is 13.1 Å². The molecule has 0 radical (unpaired) electrons. The van der Waals surface area contributed by atoms with E-state index in [-0.39, 0.29) is 6.61 Å². The van der Waals surface area contributed by atoms with Crippen molar-refractivity contribution in [1.29, 1.82) is 0 Å². The monoisotopic (exact) mass is 224 g/mol. The van der Waals surface area contributed by atoms with Crippen LogP contribution in [0.1, 0.15) is 32.1 Å². The Labute approximate surface area is 96.6 Å². The largest absolute Gasteiger partial charge is 0.395 e. The zero-order valence-electron chi connectivity index (χ0n) is 9.93. The van der Waals surface area contributed by atoms with Gasteiger partial charge in [0.2, 0.25) is 0 Å². The van der Waals surface area contributed by atoms with Gasteiger partial charge in [0.15, 0.2) is 0 Å². The number of aromatic nitrogens is 1. The van der Waals surface area contributed by atoms with Crippen LogP contribution in [0.2, 0.25) is 0 Å². The molecule has 2 N–H and O–H groups in total. The smallest absolute Gasteiger partial charge is 0.0957 e. The summed E-state index contributed by atoms with van der Waals surface area (Å²) in [5, 5.41) is 18.5. The highest BCUT2D eigenvalue weighted by Gasteiger charge is 2.08. The zero-order chi connectivity index (χ0) is 12.0. The highest BCUT2D eigenvalue weighted by Crippen LogP contribution is 2.17. The topological polar surface area (TPSA) is 56.6 Å². The standard InChI is InChI=1S/C12H20N2O2/c1-3-12(16)11-6-5-10(9-13-11)14(4-2)7-8-15/h5-6,9,12,15-16H,3-4,7-8H2,1-2H3. The first-order valence-electron chi connectivity index (χ1n) is 5.72. The maximum absolute atomic E-state index is 9.60. The van der Waals surface area contributed by atoms with E-state index in [1.165, 1.54) is 0 Å². The third kappa shape index (κ3) is 3.18. The van der Waals surface area contributed by atoms with Gasteiger partial charge < -0.3 is 15.1 Å². The lowest BCUT2D eigenvalue weighted by Crippen LogP contribution is -2.26. The summed E-state index contributed by atoms with van der Waals surface area (Å²) in [6, 6.07) is 3.77. The van der Waals surface area contributed by atoms with Gasteiger partial charge in [-0.15, -0.1) is 0 Å². The summed E-state index contributed by atoms with van der Waals surface area (Å²) >= 11 is 0. The van der Waals surface area contributed by atoms with E-state index < -0.39 is 6.10 Å². The minimum Gasteiger partial charge on any atom is -0.395 e. The van der Waals surface area contributed by atoms with E-state index in [1.54, 1.807) is 6.20 Å². The van der Waals surface area contributed by atoms with Crippen LogP contribution in [-0.4, -0.2) is 34.9 Å². The van der Waals surface area contributed by atoms with Crippen LogP contribution in [0.5, 0.6) is 0 Å². The summed E-state index contributed by atoms with van der Waals surface area (Å²) < 4.78 is 0. The highest BCUT2D eigenvalue weighted by atomic mass is 16.3. The van der Waals surface area contributed by atoms with E-state index in [1.807, 2.05) is 30.9 Å². The summed E-state index contributed by atoms with van der Waals surface area (Å²) in [5.41, 5.74) is 1.68. The van der Waals surface area contributed by atoms with Gasteiger partial charge in [0.1, 0.15) is 0 Å². The Morgan fingerprint density at radius 1 is 1.38 bits per heavy atom. The van der Waals surface area contributed by atoms with Gasteiger partial charge in [0.05, 0.1) is 30.3 Å². The Bertz CT molecular complexity index is 300. The van der Waals surface area contributed by atoms with Crippen molar-refractivity contribution in [1.82, 2.24) is 4.98 Å². The fourth-order valence-electron chi connectivity index (χ4n) is 1.58. The summed E-state index contributed by atoms with van der Waals surface area (Å²) in [4.78, 5) is 6.26. The normalized spacial score (nSPS) is 12.5. The Balaban J connectivity index is 2.76. The van der Waals surface area contributed by atoms with Gasteiger partial charge in [-0.1, -0.05) is 6.92 Å². The second-order valence-corrected chi connectivity index (χ2v) is 3.67. The van der Waals surface area contributed by atoms with E-state index in [9.17, 15) is 5.11 Å². The molecule has 4 heteroatoms. The van der Waals surface area contributed by atoms with Crippen LogP contribution in [-0.2, 0) is 0 Å². The van der Waals surface area contributed by atoms with Crippen molar-refractivity contribution in [3.8, 4) is 0 Å². The third-order valence-electron chi connectivity index (χ3n) is 2.62. The molecule has 0 amide bonds. The maximum atomic E-state index is 9.60. The number of pyridine rings is 1. The Morgan fingerprint density at radius 3 is 2.56 bits per heavy atom. The summed E-state index contributed by atoms with van der Waals surface area (Å²) in [5.74, 6) is 0. The molecule has 0 aliphatic heterocycles. The lowest BCUT2D eigenvalue weighted by Gasteiger charge is -2.21. The Hall–Kier alpha value is -1.13. The molecule has 16 heavy (non-hydrogen) atoms. The Kier molecular flexibility index (Phi) is 5.22. The number of hydrogen-bond donors (Lipinski definition) is 2. The minimum atomic E-state index is -0.484. The molecular formula is C12H20N2O2. The van der Waals surface area contributed by atoms with Gasteiger partial charge in [-0.3, -0.25) is 4.98 Å². The molecule has 1 aromatic heterocycles. The summed E-state index contributed by atoms with van der Waals surface area (Å²) in [6.45, 7) is 5.52. The SMILES string of the molecule is CCC(O)c1ccc(N(CC)CCO)cn1. The van der Waals surface area contributed by atoms with E-state index in [2.05, 4.69) is 4.98 Å². The predicted molar refractivity (Wildman–Crippen MR) is 64.5 cm³/mol. The summed E-state index contributed by atoms with van der Waals surface area (Å²) in [7, 11) is 0. The van der Waals surface area contributed by atoms with E-state index in [0.717, 1.165) is 12.2 Å². The molecule has 0 aliphatic rings. The number of aliphatic hydroxyl groups is 2. The van der Waals surface area contributed by atoms with Gasteiger partial charge in [-0.2, -0.15) is 0 Å². The van der Waals surface area contributed by atoms with Gasteiger partial charge in [-0.05, 0) is 25.5 Å². The van der Waals surface area contributed by atoms with Crippen molar-refractivity contribution >= 4 is 5.69 Å². The second-order valence-electron chi connectivity index (χ2n) is 3.67. The number of nitrogens with zero attached hydrogens (tertiary/aromatic N) is 2. The molecule has 0 spiro atoms. The number of anilines is 1.